The van der Waals surface area contributed by atoms with Crippen molar-refractivity contribution in [1.82, 2.24) is 4.57 Å². The van der Waals surface area contributed by atoms with E-state index in [1.165, 1.54) is 36.2 Å². The van der Waals surface area contributed by atoms with Crippen LogP contribution in [0.5, 0.6) is 11.5 Å². The Kier molecular flexibility index (Phi) is 8.63. The fraction of sp³-hybridized carbons (Fsp3) is 0.280. The molecule has 4 N–H and O–H groups in total. The van der Waals surface area contributed by atoms with Gasteiger partial charge in [0.1, 0.15) is 23.9 Å². The summed E-state index contributed by atoms with van der Waals surface area (Å²) < 4.78 is 40.3. The van der Waals surface area contributed by atoms with Crippen LogP contribution >= 0.6 is 0 Å². The molecule has 0 unspecified atom stereocenters. The Morgan fingerprint density at radius 1 is 1.16 bits per heavy atom. The van der Waals surface area contributed by atoms with Gasteiger partial charge in [-0.3, -0.25) is 19.9 Å². The van der Waals surface area contributed by atoms with Crippen LogP contribution in [0.3, 0.4) is 0 Å². The number of nitrogens with two attached hydrogens (primary N) is 2. The summed E-state index contributed by atoms with van der Waals surface area (Å²) in [7, 11) is 0.163. The molecule has 0 aliphatic rings. The molecule has 0 aliphatic heterocycles. The van der Waals surface area contributed by atoms with Crippen molar-refractivity contribution in [2.24, 2.45) is 12.0 Å². The second-order valence-corrected chi connectivity index (χ2v) is 15.4. The molecule has 1 heterocycles. The molecule has 0 radical (unpaired) electrons. The topological polar surface area (TPSA) is 148 Å². The number of nitrogen functional groups attached to an aromatic ring is 2. The standard InChI is InChI=1S/C25H29F2N5O5Si/c1-31-13-18(17(22(29)25(31)33)12-30-14-36-9-10-38(2,3)4)16-6-7-20(28)23(32(34)35)24(16)37-21-8-5-15(26)11-19(21)27/h5-8,11-13H,9-10,14,28-29H2,1-4H3. The van der Waals surface area contributed by atoms with Gasteiger partial charge in [-0.1, -0.05) is 19.6 Å². The van der Waals surface area contributed by atoms with Crippen LogP contribution in [0.15, 0.2) is 46.3 Å². The highest BCUT2D eigenvalue weighted by molar-refractivity contribution is 6.76. The summed E-state index contributed by atoms with van der Waals surface area (Å²) in [4.78, 5) is 28.0. The number of aromatic nitrogens is 1. The predicted octanol–water partition coefficient (Wildman–Crippen LogP) is 4.93. The zero-order chi connectivity index (χ0) is 28.2. The maximum atomic E-state index is 14.4. The van der Waals surface area contributed by atoms with Crippen LogP contribution in [-0.4, -0.2) is 37.1 Å². The Bertz CT molecular complexity index is 1450. The SMILES string of the molecule is Cn1cc(-c2ccc(N)c([N+](=O)[O-])c2Oc2ccc(F)cc2F)c(C=NCOCC[Si](C)(C)C)c(N)c1=O. The van der Waals surface area contributed by atoms with Gasteiger partial charge < -0.3 is 25.5 Å². The first kappa shape index (κ1) is 28.5. The number of aryl methyl sites for hydroxylation is 1. The van der Waals surface area contributed by atoms with Gasteiger partial charge in [-0.15, -0.1) is 0 Å². The first-order valence-electron chi connectivity index (χ1n) is 11.6. The third-order valence-corrected chi connectivity index (χ3v) is 7.28. The summed E-state index contributed by atoms with van der Waals surface area (Å²) in [6, 6.07) is 6.16. The van der Waals surface area contributed by atoms with Crippen molar-refractivity contribution in [2.45, 2.75) is 25.7 Å². The fourth-order valence-corrected chi connectivity index (χ4v) is 4.26. The van der Waals surface area contributed by atoms with Crippen molar-refractivity contribution < 1.29 is 23.2 Å². The molecule has 2 aromatic carbocycles. The van der Waals surface area contributed by atoms with E-state index in [0.717, 1.165) is 18.2 Å². The molecule has 0 fully saturated rings. The average Bonchev–Trinajstić information content (AvgIpc) is 2.82. The first-order valence-corrected chi connectivity index (χ1v) is 15.3. The minimum atomic E-state index is -1.29. The van der Waals surface area contributed by atoms with E-state index < -0.39 is 47.4 Å². The number of aliphatic imine (C=N–C) groups is 1. The van der Waals surface area contributed by atoms with Crippen molar-refractivity contribution in [3.63, 3.8) is 0 Å². The minimum absolute atomic E-state index is 0.00457. The van der Waals surface area contributed by atoms with Gasteiger partial charge >= 0.3 is 5.69 Å². The Morgan fingerprint density at radius 3 is 2.50 bits per heavy atom. The van der Waals surface area contributed by atoms with Crippen molar-refractivity contribution in [1.29, 1.82) is 0 Å². The van der Waals surface area contributed by atoms with Crippen molar-refractivity contribution in [3.8, 4) is 22.6 Å². The zero-order valence-corrected chi connectivity index (χ0v) is 22.5. The molecular formula is C25H29F2N5O5Si. The number of anilines is 2. The van der Waals surface area contributed by atoms with Crippen molar-refractivity contribution in [3.05, 3.63) is 74.2 Å². The summed E-state index contributed by atoms with van der Waals surface area (Å²) >= 11 is 0. The molecule has 3 rings (SSSR count). The lowest BCUT2D eigenvalue weighted by atomic mass is 9.98. The van der Waals surface area contributed by atoms with E-state index in [1.807, 2.05) is 0 Å². The third kappa shape index (κ3) is 6.61. The average molecular weight is 546 g/mol. The van der Waals surface area contributed by atoms with Gasteiger partial charge in [0.15, 0.2) is 11.6 Å². The number of hydrogen-bond donors (Lipinski definition) is 2. The quantitative estimate of drug-likeness (QED) is 0.0917. The molecule has 0 atom stereocenters. The number of halogens is 2. The molecule has 0 spiro atoms. The first-order chi connectivity index (χ1) is 17.8. The molecule has 0 amide bonds. The highest BCUT2D eigenvalue weighted by atomic mass is 28.3. The predicted molar refractivity (Wildman–Crippen MR) is 146 cm³/mol. The Hall–Kier alpha value is -4.10. The highest BCUT2D eigenvalue weighted by Crippen LogP contribution is 2.45. The van der Waals surface area contributed by atoms with E-state index in [2.05, 4.69) is 24.6 Å². The maximum Gasteiger partial charge on any atom is 0.334 e. The van der Waals surface area contributed by atoms with Gasteiger partial charge in [0.25, 0.3) is 5.56 Å². The smallest absolute Gasteiger partial charge is 0.334 e. The minimum Gasteiger partial charge on any atom is -0.446 e. The van der Waals surface area contributed by atoms with E-state index >= 15 is 0 Å². The number of rotatable bonds is 10. The molecular weight excluding hydrogens is 516 g/mol. The molecule has 3 aromatic rings. The molecule has 13 heteroatoms. The van der Waals surface area contributed by atoms with Crippen LogP contribution in [-0.2, 0) is 11.8 Å². The second kappa shape index (κ2) is 11.5. The van der Waals surface area contributed by atoms with Crippen molar-refractivity contribution >= 4 is 31.4 Å². The van der Waals surface area contributed by atoms with Gasteiger partial charge in [-0.05, 0) is 30.3 Å². The van der Waals surface area contributed by atoms with Crippen LogP contribution < -0.4 is 21.8 Å². The van der Waals surface area contributed by atoms with Gasteiger partial charge in [-0.2, -0.15) is 0 Å². The third-order valence-electron chi connectivity index (χ3n) is 5.58. The van der Waals surface area contributed by atoms with Crippen molar-refractivity contribution in [2.75, 3.05) is 24.8 Å². The lowest BCUT2D eigenvalue weighted by molar-refractivity contribution is -0.384. The molecule has 1 aromatic heterocycles. The summed E-state index contributed by atoms with van der Waals surface area (Å²) in [5, 5.41) is 11.9. The summed E-state index contributed by atoms with van der Waals surface area (Å²) in [6.45, 7) is 7.18. The van der Waals surface area contributed by atoms with Gasteiger partial charge in [0.05, 0.1) is 4.92 Å². The number of nitro benzene ring substituents is 1. The molecule has 0 aliphatic carbocycles. The Balaban J connectivity index is 2.14. The lowest BCUT2D eigenvalue weighted by Gasteiger charge is -2.17. The number of pyridine rings is 1. The molecule has 0 bridgehead atoms. The van der Waals surface area contributed by atoms with Gasteiger partial charge in [0.2, 0.25) is 5.75 Å². The highest BCUT2D eigenvalue weighted by Gasteiger charge is 2.28. The molecule has 38 heavy (non-hydrogen) atoms. The van der Waals surface area contributed by atoms with Crippen LogP contribution in [0, 0.1) is 21.7 Å². The van der Waals surface area contributed by atoms with E-state index in [9.17, 15) is 23.7 Å². The molecule has 202 valence electrons. The largest absolute Gasteiger partial charge is 0.446 e. The van der Waals surface area contributed by atoms with Crippen LogP contribution in [0.1, 0.15) is 5.56 Å². The fourth-order valence-electron chi connectivity index (χ4n) is 3.51. The van der Waals surface area contributed by atoms with E-state index in [1.54, 1.807) is 0 Å². The monoisotopic (exact) mass is 545 g/mol. The van der Waals surface area contributed by atoms with Gasteiger partial charge in [-0.25, -0.2) is 8.78 Å². The summed E-state index contributed by atoms with van der Waals surface area (Å²) in [5.74, 6) is -2.82. The number of ether oxygens (including phenoxy) is 2. The molecule has 0 saturated heterocycles. The van der Waals surface area contributed by atoms with E-state index in [4.69, 9.17) is 20.9 Å². The normalized spacial score (nSPS) is 11.7. The summed E-state index contributed by atoms with van der Waals surface area (Å²) in [6.07, 6.45) is 2.74. The van der Waals surface area contributed by atoms with E-state index in [-0.39, 0.29) is 34.8 Å². The maximum absolute atomic E-state index is 14.4. The lowest BCUT2D eigenvalue weighted by Crippen LogP contribution is -2.22. The molecule has 10 nitrogen and oxygen atoms in total. The second-order valence-electron chi connectivity index (χ2n) is 9.76. The van der Waals surface area contributed by atoms with Crippen LogP contribution in [0.25, 0.3) is 11.1 Å². The summed E-state index contributed by atoms with van der Waals surface area (Å²) in [5.41, 5.74) is 10.9. The Labute approximate surface area is 218 Å². The van der Waals surface area contributed by atoms with Crippen LogP contribution in [0.2, 0.25) is 25.7 Å². The number of nitro groups is 1. The van der Waals surface area contributed by atoms with E-state index in [0.29, 0.717) is 12.7 Å². The Morgan fingerprint density at radius 2 is 1.87 bits per heavy atom. The number of hydrogen-bond acceptors (Lipinski definition) is 8. The zero-order valence-electron chi connectivity index (χ0n) is 21.5. The number of benzene rings is 2. The number of nitrogens with zero attached hydrogens (tertiary/aromatic N) is 3. The van der Waals surface area contributed by atoms with Gasteiger partial charge in [0, 0.05) is 56.9 Å². The molecule has 0 saturated carbocycles. The van der Waals surface area contributed by atoms with Crippen LogP contribution in [0.4, 0.5) is 25.8 Å².